The maximum atomic E-state index is 5.96. The van der Waals surface area contributed by atoms with Crippen molar-refractivity contribution in [1.29, 1.82) is 0 Å². The Morgan fingerprint density at radius 2 is 1.70 bits per heavy atom. The van der Waals surface area contributed by atoms with Crippen LogP contribution in [0.2, 0.25) is 0 Å². The van der Waals surface area contributed by atoms with Crippen LogP contribution in [0.5, 0.6) is 0 Å². The molecule has 0 unspecified atom stereocenters. The Labute approximate surface area is 124 Å². The predicted molar refractivity (Wildman–Crippen MR) is 86.9 cm³/mol. The van der Waals surface area contributed by atoms with Crippen LogP contribution in [0.15, 0.2) is 36.3 Å². The van der Waals surface area contributed by atoms with Gasteiger partial charge in [-0.1, -0.05) is 30.3 Å². The van der Waals surface area contributed by atoms with Crippen LogP contribution in [0, 0.1) is 0 Å². The van der Waals surface area contributed by atoms with Crippen LogP contribution < -0.4 is 0 Å². The van der Waals surface area contributed by atoms with E-state index < -0.39 is 0 Å². The fourth-order valence-corrected chi connectivity index (χ4v) is 3.20. The first-order valence-corrected chi connectivity index (χ1v) is 7.71. The zero-order valence-corrected chi connectivity index (χ0v) is 13.2. The molecule has 104 valence electrons. The van der Waals surface area contributed by atoms with Crippen LogP contribution in [0.4, 0.5) is 0 Å². The summed E-state index contributed by atoms with van der Waals surface area (Å²) in [7, 11) is -0.273. The van der Waals surface area contributed by atoms with Crippen LogP contribution >= 0.6 is 11.3 Å². The van der Waals surface area contributed by atoms with Crippen molar-refractivity contribution in [2.24, 2.45) is 0 Å². The average Bonchev–Trinajstić information content (AvgIpc) is 2.85. The molecule has 1 aliphatic heterocycles. The smallest absolute Gasteiger partial charge is 0.400 e. The van der Waals surface area contributed by atoms with Gasteiger partial charge in [-0.3, -0.25) is 0 Å². The van der Waals surface area contributed by atoms with Gasteiger partial charge in [0.25, 0.3) is 0 Å². The molecule has 0 bridgehead atoms. The van der Waals surface area contributed by atoms with Crippen molar-refractivity contribution in [3.05, 3.63) is 41.2 Å². The molecule has 0 amide bonds. The van der Waals surface area contributed by atoms with Crippen molar-refractivity contribution in [2.75, 3.05) is 0 Å². The summed E-state index contributed by atoms with van der Waals surface area (Å²) in [6.07, 6.45) is 2.09. The third-order valence-electron chi connectivity index (χ3n) is 4.13. The molecule has 0 aliphatic carbocycles. The van der Waals surface area contributed by atoms with Crippen molar-refractivity contribution in [2.45, 2.75) is 38.9 Å². The topological polar surface area (TPSA) is 18.5 Å². The lowest BCUT2D eigenvalue weighted by Gasteiger charge is -2.32. The Balaban J connectivity index is 1.78. The number of rotatable bonds is 2. The maximum absolute atomic E-state index is 5.96. The van der Waals surface area contributed by atoms with Gasteiger partial charge in [0, 0.05) is 9.58 Å². The summed E-state index contributed by atoms with van der Waals surface area (Å²) in [5, 5.41) is 1.28. The molecule has 1 aromatic heterocycles. The fraction of sp³-hybridized carbons (Fsp3) is 0.375. The van der Waals surface area contributed by atoms with Crippen LogP contribution in [0.1, 0.15) is 32.6 Å². The molecule has 20 heavy (non-hydrogen) atoms. The quantitative estimate of drug-likeness (QED) is 0.754. The van der Waals surface area contributed by atoms with Gasteiger partial charge in [0.15, 0.2) is 0 Å². The average molecular weight is 286 g/mol. The summed E-state index contributed by atoms with van der Waals surface area (Å²) >= 11 is 1.78. The number of hydrogen-bond donors (Lipinski definition) is 0. The second kappa shape index (κ2) is 4.73. The number of hydrogen-bond acceptors (Lipinski definition) is 3. The zero-order chi connectivity index (χ0) is 14.4. The maximum Gasteiger partial charge on any atom is 0.487 e. The molecule has 0 radical (unpaired) electrons. The van der Waals surface area contributed by atoms with Crippen molar-refractivity contribution in [1.82, 2.24) is 0 Å². The molecule has 0 saturated carbocycles. The lowest BCUT2D eigenvalue weighted by Crippen LogP contribution is -2.41. The molecule has 0 N–H and O–H groups in total. The van der Waals surface area contributed by atoms with Crippen LogP contribution in [-0.2, 0) is 9.31 Å². The Kier molecular flexibility index (Phi) is 3.28. The largest absolute Gasteiger partial charge is 0.487 e. The highest BCUT2D eigenvalue weighted by molar-refractivity contribution is 7.19. The summed E-state index contributed by atoms with van der Waals surface area (Å²) < 4.78 is 13.2. The second-order valence-electron chi connectivity index (χ2n) is 6.17. The minimum atomic E-state index is -0.276. The third kappa shape index (κ3) is 2.44. The molecule has 1 fully saturated rings. The molecular formula is C16H19BO2S. The molecular weight excluding hydrogens is 267 g/mol. The summed E-state index contributed by atoms with van der Waals surface area (Å²) in [6, 6.07) is 10.6. The Hall–Kier alpha value is -1.10. The first-order valence-electron chi connectivity index (χ1n) is 6.90. The van der Waals surface area contributed by atoms with Crippen molar-refractivity contribution >= 4 is 34.6 Å². The Morgan fingerprint density at radius 1 is 1.05 bits per heavy atom. The number of fused-ring (bicyclic) bond motifs is 1. The Morgan fingerprint density at radius 3 is 2.35 bits per heavy atom. The molecule has 3 rings (SSSR count). The summed E-state index contributed by atoms with van der Waals surface area (Å²) in [5.74, 6) is 2.00. The monoisotopic (exact) mass is 286 g/mol. The molecule has 0 spiro atoms. The van der Waals surface area contributed by atoms with Gasteiger partial charge >= 0.3 is 7.12 Å². The van der Waals surface area contributed by atoms with Gasteiger partial charge in [-0.15, -0.1) is 11.3 Å². The summed E-state index contributed by atoms with van der Waals surface area (Å²) in [5.41, 5.74) is -0.551. The lowest BCUT2D eigenvalue weighted by molar-refractivity contribution is 0.00578. The van der Waals surface area contributed by atoms with Crippen molar-refractivity contribution in [3.8, 4) is 0 Å². The van der Waals surface area contributed by atoms with E-state index >= 15 is 0 Å². The van der Waals surface area contributed by atoms with E-state index in [-0.39, 0.29) is 18.3 Å². The van der Waals surface area contributed by atoms with Crippen LogP contribution in [0.25, 0.3) is 16.2 Å². The molecule has 2 heterocycles. The first-order chi connectivity index (χ1) is 9.37. The molecule has 1 saturated heterocycles. The van der Waals surface area contributed by atoms with E-state index in [0.29, 0.717) is 0 Å². The molecule has 1 aliphatic rings. The van der Waals surface area contributed by atoms with E-state index in [1.165, 1.54) is 15.0 Å². The highest BCUT2D eigenvalue weighted by atomic mass is 32.1. The standard InChI is InChI=1S/C16H19BO2S/c1-15(2)16(3,4)19-17(18-15)10-9-13-11-12-7-5-6-8-14(12)20-13/h5-11H,1-4H3/b10-9+. The number of benzene rings is 1. The van der Waals surface area contributed by atoms with Gasteiger partial charge in [0.05, 0.1) is 11.2 Å². The van der Waals surface area contributed by atoms with E-state index in [1.807, 2.05) is 5.98 Å². The molecule has 2 nitrogen and oxygen atoms in total. The van der Waals surface area contributed by atoms with E-state index in [2.05, 4.69) is 64.1 Å². The summed E-state index contributed by atoms with van der Waals surface area (Å²) in [6.45, 7) is 8.28. The lowest BCUT2D eigenvalue weighted by atomic mass is 9.90. The molecule has 2 aromatic rings. The SMILES string of the molecule is CC1(C)OB(/C=C/c2cc3ccccc3s2)OC1(C)C. The van der Waals surface area contributed by atoms with Crippen molar-refractivity contribution < 1.29 is 9.31 Å². The highest BCUT2D eigenvalue weighted by Gasteiger charge is 2.49. The number of thiophene rings is 1. The van der Waals surface area contributed by atoms with Gasteiger partial charge in [-0.2, -0.15) is 0 Å². The molecule has 1 aromatic carbocycles. The summed E-state index contributed by atoms with van der Waals surface area (Å²) in [4.78, 5) is 1.22. The zero-order valence-electron chi connectivity index (χ0n) is 12.3. The highest BCUT2D eigenvalue weighted by Crippen LogP contribution is 2.37. The van der Waals surface area contributed by atoms with Gasteiger partial charge in [0.2, 0.25) is 0 Å². The van der Waals surface area contributed by atoms with Gasteiger partial charge in [0.1, 0.15) is 0 Å². The van der Waals surface area contributed by atoms with Gasteiger partial charge in [-0.05, 0) is 45.2 Å². The third-order valence-corrected chi connectivity index (χ3v) is 5.22. The fourth-order valence-electron chi connectivity index (χ4n) is 2.23. The van der Waals surface area contributed by atoms with Gasteiger partial charge in [-0.25, -0.2) is 0 Å². The van der Waals surface area contributed by atoms with E-state index in [1.54, 1.807) is 11.3 Å². The molecule has 4 heteroatoms. The van der Waals surface area contributed by atoms with E-state index in [4.69, 9.17) is 9.31 Å². The Bertz CT molecular complexity index is 608. The van der Waals surface area contributed by atoms with E-state index in [0.717, 1.165) is 0 Å². The first kappa shape index (κ1) is 13.9. The molecule has 0 atom stereocenters. The second-order valence-corrected chi connectivity index (χ2v) is 7.29. The minimum Gasteiger partial charge on any atom is -0.400 e. The van der Waals surface area contributed by atoms with Crippen molar-refractivity contribution in [3.63, 3.8) is 0 Å². The van der Waals surface area contributed by atoms with E-state index in [9.17, 15) is 0 Å². The normalized spacial score (nSPS) is 21.1. The minimum absolute atomic E-state index is 0.273. The van der Waals surface area contributed by atoms with Crippen LogP contribution in [-0.4, -0.2) is 18.3 Å². The predicted octanol–water partition coefficient (Wildman–Crippen LogP) is 4.55. The van der Waals surface area contributed by atoms with Gasteiger partial charge < -0.3 is 9.31 Å². The van der Waals surface area contributed by atoms with Crippen LogP contribution in [0.3, 0.4) is 0 Å².